The topological polar surface area (TPSA) is 75.6 Å². The maximum absolute atomic E-state index is 12.6. The van der Waals surface area contributed by atoms with Crippen LogP contribution in [0, 0.1) is 0 Å². The summed E-state index contributed by atoms with van der Waals surface area (Å²) in [5, 5.41) is 12.9. The molecule has 2 heterocycles. The van der Waals surface area contributed by atoms with E-state index in [0.29, 0.717) is 10.9 Å². The van der Waals surface area contributed by atoms with Crippen molar-refractivity contribution in [3.8, 4) is 11.1 Å². The van der Waals surface area contributed by atoms with Gasteiger partial charge < -0.3 is 5.32 Å². The number of carbonyl (C=O) groups excluding carboxylic acids is 1. The molecule has 0 spiro atoms. The molecule has 6 nitrogen and oxygen atoms in total. The number of hydrogen-bond donors (Lipinski definition) is 2. The third kappa shape index (κ3) is 2.97. The number of H-pyrrole nitrogens is 1. The van der Waals surface area contributed by atoms with Crippen LogP contribution in [0.5, 0.6) is 0 Å². The fraction of sp³-hybridized carbons (Fsp3) is 0.267. The van der Waals surface area contributed by atoms with Gasteiger partial charge in [-0.15, -0.1) is 0 Å². The van der Waals surface area contributed by atoms with E-state index >= 15 is 0 Å². The molecule has 126 valence electrons. The van der Waals surface area contributed by atoms with Gasteiger partial charge in [0.1, 0.15) is 6.04 Å². The second kappa shape index (κ2) is 5.66. The molecule has 0 unspecified atom stereocenters. The minimum absolute atomic E-state index is 0.0770. The lowest BCUT2D eigenvalue weighted by molar-refractivity contribution is -0.149. The van der Waals surface area contributed by atoms with E-state index in [9.17, 15) is 18.0 Å². The lowest BCUT2D eigenvalue weighted by atomic mass is 10.1. The smallest absolute Gasteiger partial charge is 0.339 e. The average Bonchev–Trinajstić information content (AvgIpc) is 3.11. The fourth-order valence-corrected chi connectivity index (χ4v) is 2.28. The number of amides is 1. The standard InChI is InChI=1S/C15H14F3N5O/c1-8(15(16,17)18)20-14(24)13-11-5-9(3-4-12(11)21-22-13)10-6-19-23(2)7-10/h3-8H,1-2H3,(H,20,24)(H,21,22)/t8-/m1/s1. The van der Waals surface area contributed by atoms with E-state index in [1.54, 1.807) is 36.3 Å². The van der Waals surface area contributed by atoms with E-state index in [0.717, 1.165) is 18.1 Å². The number of aromatic amines is 1. The molecule has 3 aromatic rings. The molecule has 0 radical (unpaired) electrons. The maximum atomic E-state index is 12.6. The van der Waals surface area contributed by atoms with Crippen LogP contribution in [0.1, 0.15) is 17.4 Å². The molecule has 0 saturated heterocycles. The molecule has 24 heavy (non-hydrogen) atoms. The van der Waals surface area contributed by atoms with Crippen LogP contribution < -0.4 is 5.32 Å². The third-order valence-electron chi connectivity index (χ3n) is 3.65. The molecule has 1 aromatic carbocycles. The number of carbonyl (C=O) groups is 1. The van der Waals surface area contributed by atoms with Crippen LogP contribution in [0.25, 0.3) is 22.0 Å². The second-order valence-corrected chi connectivity index (χ2v) is 5.47. The van der Waals surface area contributed by atoms with E-state index in [2.05, 4.69) is 15.3 Å². The highest BCUT2D eigenvalue weighted by Crippen LogP contribution is 2.26. The lowest BCUT2D eigenvalue weighted by Gasteiger charge is -2.16. The van der Waals surface area contributed by atoms with Crippen LogP contribution in [0.3, 0.4) is 0 Å². The van der Waals surface area contributed by atoms with Crippen LogP contribution >= 0.6 is 0 Å². The molecule has 1 atom stereocenters. The van der Waals surface area contributed by atoms with Crippen molar-refractivity contribution in [3.63, 3.8) is 0 Å². The predicted octanol–water partition coefficient (Wildman–Crippen LogP) is 2.64. The Morgan fingerprint density at radius 3 is 2.71 bits per heavy atom. The van der Waals surface area contributed by atoms with Gasteiger partial charge in [0, 0.05) is 24.2 Å². The molecule has 3 rings (SSSR count). The van der Waals surface area contributed by atoms with Gasteiger partial charge in [-0.1, -0.05) is 6.07 Å². The summed E-state index contributed by atoms with van der Waals surface area (Å²) in [6.45, 7) is 0.883. The van der Waals surface area contributed by atoms with Gasteiger partial charge in [-0.05, 0) is 24.6 Å². The molecule has 2 aromatic heterocycles. The first kappa shape index (κ1) is 16.0. The highest BCUT2D eigenvalue weighted by molar-refractivity contribution is 6.05. The Hall–Kier alpha value is -2.84. The average molecular weight is 337 g/mol. The number of nitrogens with zero attached hydrogens (tertiary/aromatic N) is 3. The number of nitrogens with one attached hydrogen (secondary N) is 2. The van der Waals surface area contributed by atoms with Crippen LogP contribution in [0.15, 0.2) is 30.6 Å². The van der Waals surface area contributed by atoms with E-state index in [-0.39, 0.29) is 5.69 Å². The van der Waals surface area contributed by atoms with Gasteiger partial charge in [0.15, 0.2) is 5.69 Å². The quantitative estimate of drug-likeness (QED) is 0.771. The minimum atomic E-state index is -4.51. The molecule has 0 aliphatic carbocycles. The van der Waals surface area contributed by atoms with Crippen LogP contribution in [0.2, 0.25) is 0 Å². The number of aryl methyl sites for hydroxylation is 1. The van der Waals surface area contributed by atoms with Crippen LogP contribution in [0.4, 0.5) is 13.2 Å². The molecule has 0 bridgehead atoms. The first-order valence-corrected chi connectivity index (χ1v) is 7.10. The Morgan fingerprint density at radius 1 is 1.33 bits per heavy atom. The Bertz CT molecular complexity index is 896. The summed E-state index contributed by atoms with van der Waals surface area (Å²) in [5.41, 5.74) is 2.10. The minimum Gasteiger partial charge on any atom is -0.339 e. The first-order chi connectivity index (χ1) is 11.3. The normalized spacial score (nSPS) is 13.2. The number of aromatic nitrogens is 4. The van der Waals surface area contributed by atoms with Gasteiger partial charge in [0.25, 0.3) is 5.91 Å². The summed E-state index contributed by atoms with van der Waals surface area (Å²) in [6, 6.07) is 3.27. The van der Waals surface area contributed by atoms with E-state index < -0.39 is 18.1 Å². The highest BCUT2D eigenvalue weighted by atomic mass is 19.4. The van der Waals surface area contributed by atoms with Crippen molar-refractivity contribution in [1.82, 2.24) is 25.3 Å². The van der Waals surface area contributed by atoms with Crippen molar-refractivity contribution >= 4 is 16.8 Å². The largest absolute Gasteiger partial charge is 0.408 e. The monoisotopic (exact) mass is 337 g/mol. The van der Waals surface area contributed by atoms with Crippen molar-refractivity contribution in [2.24, 2.45) is 7.05 Å². The first-order valence-electron chi connectivity index (χ1n) is 7.10. The number of rotatable bonds is 3. The van der Waals surface area contributed by atoms with Gasteiger partial charge in [-0.25, -0.2) is 0 Å². The van der Waals surface area contributed by atoms with Gasteiger partial charge >= 0.3 is 6.18 Å². The van der Waals surface area contributed by atoms with Gasteiger partial charge in [-0.2, -0.15) is 23.4 Å². The van der Waals surface area contributed by atoms with Crippen LogP contribution in [-0.4, -0.2) is 38.1 Å². The Kier molecular flexibility index (Phi) is 3.78. The molecule has 2 N–H and O–H groups in total. The van der Waals surface area contributed by atoms with E-state index in [4.69, 9.17) is 0 Å². The van der Waals surface area contributed by atoms with Crippen molar-refractivity contribution in [3.05, 3.63) is 36.3 Å². The Balaban J connectivity index is 1.95. The van der Waals surface area contributed by atoms with Gasteiger partial charge in [0.05, 0.1) is 11.7 Å². The zero-order chi connectivity index (χ0) is 17.5. The van der Waals surface area contributed by atoms with Crippen molar-refractivity contribution < 1.29 is 18.0 Å². The predicted molar refractivity (Wildman–Crippen MR) is 81.3 cm³/mol. The molecule has 1 amide bonds. The molecule has 9 heteroatoms. The molecule has 0 fully saturated rings. The molecular weight excluding hydrogens is 323 g/mol. The fourth-order valence-electron chi connectivity index (χ4n) is 2.28. The summed E-state index contributed by atoms with van der Waals surface area (Å²) in [5.74, 6) is -0.880. The summed E-state index contributed by atoms with van der Waals surface area (Å²) < 4.78 is 39.4. The second-order valence-electron chi connectivity index (χ2n) is 5.47. The lowest BCUT2D eigenvalue weighted by Crippen LogP contribution is -2.43. The highest BCUT2D eigenvalue weighted by Gasteiger charge is 2.37. The third-order valence-corrected chi connectivity index (χ3v) is 3.65. The molecular formula is C15H14F3N5O. The van der Waals surface area contributed by atoms with E-state index in [1.165, 1.54) is 0 Å². The molecule has 0 saturated carbocycles. The van der Waals surface area contributed by atoms with Crippen LogP contribution in [-0.2, 0) is 7.05 Å². The van der Waals surface area contributed by atoms with Gasteiger partial charge in [-0.3, -0.25) is 14.6 Å². The number of fused-ring (bicyclic) bond motifs is 1. The molecule has 0 aliphatic heterocycles. The zero-order valence-corrected chi connectivity index (χ0v) is 12.8. The number of alkyl halides is 3. The van der Waals surface area contributed by atoms with Crippen molar-refractivity contribution in [1.29, 1.82) is 0 Å². The SMILES string of the molecule is C[C@@H](NC(=O)c1n[nH]c2ccc(-c3cnn(C)c3)cc12)C(F)(F)F. The molecule has 0 aliphatic rings. The number of halogens is 3. The summed E-state index contributed by atoms with van der Waals surface area (Å²) in [7, 11) is 1.78. The Labute approximate surface area is 134 Å². The maximum Gasteiger partial charge on any atom is 0.408 e. The summed E-state index contributed by atoms with van der Waals surface area (Å²) in [4.78, 5) is 12.1. The van der Waals surface area contributed by atoms with Crippen molar-refractivity contribution in [2.45, 2.75) is 19.1 Å². The number of hydrogen-bond acceptors (Lipinski definition) is 3. The van der Waals surface area contributed by atoms with Crippen molar-refractivity contribution in [2.75, 3.05) is 0 Å². The number of benzene rings is 1. The summed E-state index contributed by atoms with van der Waals surface area (Å²) >= 11 is 0. The summed E-state index contributed by atoms with van der Waals surface area (Å²) in [6.07, 6.45) is -1.05. The van der Waals surface area contributed by atoms with Gasteiger partial charge in [0.2, 0.25) is 0 Å². The van der Waals surface area contributed by atoms with E-state index in [1.807, 2.05) is 11.4 Å². The zero-order valence-electron chi connectivity index (χ0n) is 12.8. The Morgan fingerprint density at radius 2 is 2.08 bits per heavy atom.